The molecule has 226 valence electrons. The monoisotopic (exact) mass is 584 g/mol. The Labute approximate surface area is 253 Å². The fraction of sp³-hybridized carbons (Fsp3) is 0.531. The smallest absolute Gasteiger partial charge is 0.404 e. The summed E-state index contributed by atoms with van der Waals surface area (Å²) in [5.74, 6) is -0.137. The number of amides is 2. The summed E-state index contributed by atoms with van der Waals surface area (Å²) in [5.41, 5.74) is 1.90. The van der Waals surface area contributed by atoms with Gasteiger partial charge in [0, 0.05) is 32.1 Å². The van der Waals surface area contributed by atoms with E-state index in [1.165, 1.54) is 24.2 Å². The number of aryl methyl sites for hydroxylation is 2. The summed E-state index contributed by atoms with van der Waals surface area (Å²) in [6.07, 6.45) is 10.9. The first-order chi connectivity index (χ1) is 20.6. The van der Waals surface area contributed by atoms with Crippen LogP contribution >= 0.6 is 0 Å². The number of hydrogen-bond acceptors (Lipinski definition) is 7. The molecule has 3 aliphatic carbocycles. The van der Waals surface area contributed by atoms with Gasteiger partial charge in [-0.25, -0.2) is 4.98 Å². The minimum atomic E-state index is -0.882. The summed E-state index contributed by atoms with van der Waals surface area (Å²) in [7, 11) is 1.25. The van der Waals surface area contributed by atoms with E-state index in [4.69, 9.17) is 9.31 Å². The molecule has 3 saturated carbocycles. The number of nitrogens with one attached hydrogen (secondary N) is 2. The molecular weight excluding hydrogens is 543 g/mol. The van der Waals surface area contributed by atoms with Crippen molar-refractivity contribution in [1.29, 1.82) is 0 Å². The number of carbonyl (C=O) groups is 2. The molecule has 2 N–H and O–H groups in total. The van der Waals surface area contributed by atoms with Crippen LogP contribution in [0.3, 0.4) is 0 Å². The zero-order valence-electron chi connectivity index (χ0n) is 25.4. The highest BCUT2D eigenvalue weighted by molar-refractivity contribution is 6.47. The summed E-state index contributed by atoms with van der Waals surface area (Å²) >= 11 is 0. The molecule has 2 bridgehead atoms. The van der Waals surface area contributed by atoms with Crippen LogP contribution < -0.4 is 10.6 Å². The molecule has 1 aliphatic heterocycles. The fourth-order valence-corrected chi connectivity index (χ4v) is 7.44. The van der Waals surface area contributed by atoms with Crippen molar-refractivity contribution < 1.29 is 18.9 Å². The Bertz CT molecular complexity index is 1440. The van der Waals surface area contributed by atoms with Crippen molar-refractivity contribution in [2.75, 3.05) is 0 Å². The maximum Gasteiger partial charge on any atom is 0.481 e. The van der Waals surface area contributed by atoms with Crippen molar-refractivity contribution in [3.63, 3.8) is 0 Å². The van der Waals surface area contributed by atoms with E-state index in [1.54, 1.807) is 4.68 Å². The Morgan fingerprint density at radius 3 is 2.63 bits per heavy atom. The van der Waals surface area contributed by atoms with Crippen LogP contribution in [0, 0.1) is 17.3 Å². The van der Waals surface area contributed by atoms with Crippen LogP contribution in [0.2, 0.25) is 0 Å². The minimum absolute atomic E-state index is 0.00322. The molecule has 7 rings (SSSR count). The highest BCUT2D eigenvalue weighted by Gasteiger charge is 2.68. The van der Waals surface area contributed by atoms with Gasteiger partial charge in [0.15, 0.2) is 0 Å². The van der Waals surface area contributed by atoms with Gasteiger partial charge >= 0.3 is 7.12 Å². The van der Waals surface area contributed by atoms with Gasteiger partial charge in [0.1, 0.15) is 11.7 Å². The minimum Gasteiger partial charge on any atom is -0.404 e. The SMILES string of the molecule is Cn1ccc(C[C@@H](NC(=O)c2cnccn2)C(=O)N[C@@H](CCCc2ccccc2)B2O[C@@H]3C[C@@H]4C[C@@H](C4(C)C)[C@]3(C)O2)n1. The molecular formula is C32H41BN6O4. The summed E-state index contributed by atoms with van der Waals surface area (Å²) in [6.45, 7) is 6.86. The molecule has 4 aliphatic rings. The van der Waals surface area contributed by atoms with Crippen LogP contribution in [0.25, 0.3) is 0 Å². The van der Waals surface area contributed by atoms with Crippen LogP contribution in [0.4, 0.5) is 0 Å². The average Bonchev–Trinajstić information content (AvgIpc) is 3.58. The number of rotatable bonds is 11. The lowest BCUT2D eigenvalue weighted by Crippen LogP contribution is -2.65. The molecule has 1 saturated heterocycles. The number of nitrogens with zero attached hydrogens (tertiary/aromatic N) is 4. The quantitative estimate of drug-likeness (QED) is 0.332. The summed E-state index contributed by atoms with van der Waals surface area (Å²) in [5, 5.41) is 10.5. The van der Waals surface area contributed by atoms with Gasteiger partial charge in [-0.1, -0.05) is 44.2 Å². The summed E-state index contributed by atoms with van der Waals surface area (Å²) in [4.78, 5) is 35.2. The van der Waals surface area contributed by atoms with E-state index in [0.29, 0.717) is 24.0 Å². The summed E-state index contributed by atoms with van der Waals surface area (Å²) in [6, 6.07) is 11.3. The normalized spacial score (nSPS) is 26.6. The molecule has 43 heavy (non-hydrogen) atoms. The maximum absolute atomic E-state index is 14.0. The number of benzene rings is 1. The second-order valence-corrected chi connectivity index (χ2v) is 13.1. The Morgan fingerprint density at radius 2 is 1.93 bits per heavy atom. The highest BCUT2D eigenvalue weighted by atomic mass is 16.7. The maximum atomic E-state index is 14.0. The molecule has 3 aromatic rings. The third kappa shape index (κ3) is 5.97. The molecule has 10 nitrogen and oxygen atoms in total. The Kier molecular flexibility index (Phi) is 8.13. The third-order valence-corrected chi connectivity index (χ3v) is 10.0. The van der Waals surface area contributed by atoms with E-state index in [-0.39, 0.29) is 29.5 Å². The molecule has 2 aromatic heterocycles. The van der Waals surface area contributed by atoms with E-state index in [0.717, 1.165) is 25.7 Å². The Balaban J connectivity index is 1.21. The van der Waals surface area contributed by atoms with Gasteiger partial charge in [-0.3, -0.25) is 19.3 Å². The molecule has 2 amide bonds. The molecule has 0 radical (unpaired) electrons. The van der Waals surface area contributed by atoms with E-state index >= 15 is 0 Å². The number of aromatic nitrogens is 4. The first-order valence-corrected chi connectivity index (χ1v) is 15.4. The van der Waals surface area contributed by atoms with Gasteiger partial charge in [-0.15, -0.1) is 0 Å². The predicted octanol–water partition coefficient (Wildman–Crippen LogP) is 3.33. The first kappa shape index (κ1) is 29.5. The standard InChI is InChI=1S/C32H41BN6O4/c1-31(2)22-17-26(31)32(3)27(18-22)42-33(43-32)28(12-8-11-21-9-6-5-7-10-21)37-29(40)24(19-23-13-16-39(4)38-23)36-30(41)25-20-34-14-15-35-25/h5-7,9-10,13-16,20,22,24,26-28H,8,11-12,17-19H2,1-4H3,(H,36,41)(H,37,40)/t22-,24+,26-,27+,28-,32-/m0/s1. The molecule has 0 unspecified atom stereocenters. The predicted molar refractivity (Wildman–Crippen MR) is 162 cm³/mol. The van der Waals surface area contributed by atoms with Crippen LogP contribution in [0.15, 0.2) is 61.2 Å². The van der Waals surface area contributed by atoms with E-state index < -0.39 is 30.6 Å². The summed E-state index contributed by atoms with van der Waals surface area (Å²) < 4.78 is 15.1. The molecule has 6 atom stereocenters. The topological polar surface area (TPSA) is 120 Å². The van der Waals surface area contributed by atoms with Gasteiger partial charge in [0.25, 0.3) is 5.91 Å². The Morgan fingerprint density at radius 1 is 1.12 bits per heavy atom. The lowest BCUT2D eigenvalue weighted by molar-refractivity contribution is -0.199. The molecule has 0 spiro atoms. The van der Waals surface area contributed by atoms with Crippen molar-refractivity contribution in [1.82, 2.24) is 30.4 Å². The van der Waals surface area contributed by atoms with Crippen molar-refractivity contribution in [3.8, 4) is 0 Å². The van der Waals surface area contributed by atoms with Crippen molar-refractivity contribution in [3.05, 3.63) is 78.1 Å². The van der Waals surface area contributed by atoms with Gasteiger partial charge < -0.3 is 19.9 Å². The van der Waals surface area contributed by atoms with Gasteiger partial charge in [-0.2, -0.15) is 5.10 Å². The third-order valence-electron chi connectivity index (χ3n) is 10.0. The highest BCUT2D eigenvalue weighted by Crippen LogP contribution is 2.65. The largest absolute Gasteiger partial charge is 0.481 e. The molecule has 3 heterocycles. The number of carbonyl (C=O) groups excluding carboxylic acids is 2. The zero-order chi connectivity index (χ0) is 30.2. The van der Waals surface area contributed by atoms with Crippen LogP contribution in [-0.4, -0.2) is 62.4 Å². The molecule has 1 aromatic carbocycles. The molecule has 11 heteroatoms. The average molecular weight is 585 g/mol. The zero-order valence-corrected chi connectivity index (χ0v) is 25.4. The van der Waals surface area contributed by atoms with Crippen molar-refractivity contribution in [2.24, 2.45) is 24.3 Å². The van der Waals surface area contributed by atoms with Gasteiger partial charge in [0.05, 0.1) is 29.5 Å². The second kappa shape index (κ2) is 11.8. The number of hydrogen-bond donors (Lipinski definition) is 2. The lowest BCUT2D eigenvalue weighted by atomic mass is 9.43. The lowest BCUT2D eigenvalue weighted by Gasteiger charge is -2.64. The fourth-order valence-electron chi connectivity index (χ4n) is 7.44. The van der Waals surface area contributed by atoms with Crippen molar-refractivity contribution in [2.45, 2.75) is 83.0 Å². The van der Waals surface area contributed by atoms with Crippen LogP contribution in [0.1, 0.15) is 68.2 Å². The van der Waals surface area contributed by atoms with E-state index in [9.17, 15) is 9.59 Å². The van der Waals surface area contributed by atoms with E-state index in [1.807, 2.05) is 37.5 Å². The van der Waals surface area contributed by atoms with Crippen LogP contribution in [0.5, 0.6) is 0 Å². The molecule has 4 fully saturated rings. The Hall–Kier alpha value is -3.57. The second-order valence-electron chi connectivity index (χ2n) is 13.1. The van der Waals surface area contributed by atoms with E-state index in [2.05, 4.69) is 58.6 Å². The van der Waals surface area contributed by atoms with Crippen LogP contribution in [-0.2, 0) is 34.0 Å². The van der Waals surface area contributed by atoms with Crippen molar-refractivity contribution >= 4 is 18.9 Å². The first-order valence-electron chi connectivity index (χ1n) is 15.4. The van der Waals surface area contributed by atoms with Gasteiger partial charge in [-0.05, 0) is 67.9 Å². The van der Waals surface area contributed by atoms with Gasteiger partial charge in [0.2, 0.25) is 5.91 Å².